The van der Waals surface area contributed by atoms with E-state index in [9.17, 15) is 19.8 Å². The largest absolute Gasteiger partial charge is 0.508 e. The number of benzene rings is 2. The first-order valence-electron chi connectivity index (χ1n) is 11.0. The highest BCUT2D eigenvalue weighted by atomic mass is 35.5. The lowest BCUT2D eigenvalue weighted by Gasteiger charge is -2.38. The molecule has 3 rings (SSSR count). The standard InChI is InChI=1S/C14H19NO3.C11H15NO3.CH4.2ClH/c1-4-18-13(17)12-8-9-7-10(16)5-6-11(9)14(2,3)15-12;1-2-15-11(14)10(12)7-8-4-3-5-9(13)6-8;;;/h5-7,12,15-16H,4,8H2,1-3H3;3-6,10,13H,2,7,12H2,1H3;1H4;2*1H. The summed E-state index contributed by atoms with van der Waals surface area (Å²) in [4.78, 5) is 23.1. The van der Waals surface area contributed by atoms with E-state index < -0.39 is 12.0 Å². The highest BCUT2D eigenvalue weighted by Crippen LogP contribution is 2.32. The first-order valence-corrected chi connectivity index (χ1v) is 11.0. The molecular formula is C26H40Cl2N2O6. The van der Waals surface area contributed by atoms with Crippen LogP contribution in [0.1, 0.15) is 51.8 Å². The van der Waals surface area contributed by atoms with Crippen molar-refractivity contribution in [1.82, 2.24) is 5.32 Å². The lowest BCUT2D eigenvalue weighted by Crippen LogP contribution is -2.53. The Bertz CT molecular complexity index is 971. The van der Waals surface area contributed by atoms with E-state index in [1.807, 2.05) is 19.9 Å². The molecule has 0 amide bonds. The summed E-state index contributed by atoms with van der Waals surface area (Å²) in [6.07, 6.45) is 0.916. The molecule has 0 bridgehead atoms. The van der Waals surface area contributed by atoms with Crippen molar-refractivity contribution in [3.63, 3.8) is 0 Å². The first-order chi connectivity index (χ1) is 15.6. The maximum Gasteiger partial charge on any atom is 0.323 e. The van der Waals surface area contributed by atoms with Crippen LogP contribution in [-0.2, 0) is 37.4 Å². The van der Waals surface area contributed by atoms with Gasteiger partial charge in [0.15, 0.2) is 0 Å². The second kappa shape index (κ2) is 16.3. The molecule has 2 atom stereocenters. The van der Waals surface area contributed by atoms with Gasteiger partial charge in [-0.25, -0.2) is 0 Å². The first kappa shape index (κ1) is 35.6. The van der Waals surface area contributed by atoms with Crippen LogP contribution >= 0.6 is 24.8 Å². The van der Waals surface area contributed by atoms with Gasteiger partial charge in [-0.3, -0.25) is 14.9 Å². The van der Waals surface area contributed by atoms with Crippen LogP contribution in [-0.4, -0.2) is 47.4 Å². The molecule has 0 aromatic heterocycles. The summed E-state index contributed by atoms with van der Waals surface area (Å²) in [6.45, 7) is 8.28. The number of nitrogens with one attached hydrogen (secondary N) is 1. The Morgan fingerprint density at radius 3 is 2.25 bits per heavy atom. The number of carbonyl (C=O) groups excluding carboxylic acids is 2. The number of esters is 2. The van der Waals surface area contributed by atoms with Gasteiger partial charge in [0.2, 0.25) is 0 Å². The summed E-state index contributed by atoms with van der Waals surface area (Å²) in [5.41, 5.74) is 8.25. The van der Waals surface area contributed by atoms with Crippen molar-refractivity contribution in [1.29, 1.82) is 0 Å². The molecule has 2 unspecified atom stereocenters. The molecule has 5 N–H and O–H groups in total. The Hall–Kier alpha value is -2.52. The number of rotatable bonds is 6. The van der Waals surface area contributed by atoms with Gasteiger partial charge < -0.3 is 25.4 Å². The van der Waals surface area contributed by atoms with Gasteiger partial charge in [-0.1, -0.05) is 25.6 Å². The minimum absolute atomic E-state index is 0. The third-order valence-corrected chi connectivity index (χ3v) is 5.25. The van der Waals surface area contributed by atoms with Gasteiger partial charge in [-0.2, -0.15) is 0 Å². The maximum absolute atomic E-state index is 11.8. The van der Waals surface area contributed by atoms with Crippen molar-refractivity contribution in [2.75, 3.05) is 13.2 Å². The fraction of sp³-hybridized carbons (Fsp3) is 0.462. The Kier molecular flexibility index (Phi) is 16.1. The van der Waals surface area contributed by atoms with Gasteiger partial charge >= 0.3 is 11.9 Å². The van der Waals surface area contributed by atoms with Crippen LogP contribution in [0.25, 0.3) is 0 Å². The number of phenols is 2. The van der Waals surface area contributed by atoms with E-state index in [0.29, 0.717) is 26.1 Å². The average molecular weight is 548 g/mol. The van der Waals surface area contributed by atoms with Crippen molar-refractivity contribution in [3.8, 4) is 11.5 Å². The average Bonchev–Trinajstić information content (AvgIpc) is 2.73. The Morgan fingerprint density at radius 1 is 1.06 bits per heavy atom. The van der Waals surface area contributed by atoms with Crippen LogP contribution in [0.5, 0.6) is 11.5 Å². The predicted octanol–water partition coefficient (Wildman–Crippen LogP) is 4.01. The molecular weight excluding hydrogens is 507 g/mol. The van der Waals surface area contributed by atoms with E-state index in [4.69, 9.17) is 15.2 Å². The van der Waals surface area contributed by atoms with Crippen molar-refractivity contribution in [2.24, 2.45) is 5.73 Å². The van der Waals surface area contributed by atoms with Crippen LogP contribution < -0.4 is 11.1 Å². The number of aromatic hydroxyl groups is 2. The predicted molar refractivity (Wildman–Crippen MR) is 146 cm³/mol. The van der Waals surface area contributed by atoms with E-state index in [0.717, 1.165) is 16.7 Å². The summed E-state index contributed by atoms with van der Waals surface area (Å²) in [5, 5.41) is 22.1. The molecule has 1 aliphatic rings. The van der Waals surface area contributed by atoms with Crippen molar-refractivity contribution in [2.45, 2.75) is 65.6 Å². The third-order valence-electron chi connectivity index (χ3n) is 5.25. The number of nitrogens with two attached hydrogens (primary N) is 1. The minimum Gasteiger partial charge on any atom is -0.508 e. The lowest BCUT2D eigenvalue weighted by atomic mass is 9.82. The van der Waals surface area contributed by atoms with Crippen LogP contribution in [0.2, 0.25) is 0 Å². The molecule has 0 saturated carbocycles. The third kappa shape index (κ3) is 10.2. The molecule has 1 aliphatic heterocycles. The minimum atomic E-state index is -0.674. The van der Waals surface area contributed by atoms with Crippen molar-refractivity contribution < 1.29 is 29.3 Å². The molecule has 0 aliphatic carbocycles. The fourth-order valence-electron chi connectivity index (χ4n) is 3.80. The Balaban J connectivity index is 0. The molecule has 0 fully saturated rings. The molecule has 204 valence electrons. The SMILES string of the molecule is C.CCOC(=O)C(N)Cc1cccc(O)c1.CCOC(=O)C1Cc2cc(O)ccc2C(C)(C)N1.Cl.Cl. The molecule has 36 heavy (non-hydrogen) atoms. The molecule has 8 nitrogen and oxygen atoms in total. The molecule has 2 aromatic rings. The van der Waals surface area contributed by atoms with E-state index in [1.54, 1.807) is 50.2 Å². The zero-order chi connectivity index (χ0) is 24.6. The van der Waals surface area contributed by atoms with Gasteiger partial charge in [-0.15, -0.1) is 24.8 Å². The number of carbonyl (C=O) groups is 2. The second-order valence-electron chi connectivity index (χ2n) is 8.35. The smallest absolute Gasteiger partial charge is 0.323 e. The maximum atomic E-state index is 11.8. The molecule has 0 spiro atoms. The number of phenolic OH excluding ortho intramolecular Hbond substituents is 2. The number of ether oxygens (including phenoxy) is 2. The highest BCUT2D eigenvalue weighted by Gasteiger charge is 2.36. The molecule has 2 aromatic carbocycles. The number of halogens is 2. The molecule has 10 heteroatoms. The van der Waals surface area contributed by atoms with Crippen LogP contribution in [0.15, 0.2) is 42.5 Å². The summed E-state index contributed by atoms with van der Waals surface area (Å²) in [7, 11) is 0. The summed E-state index contributed by atoms with van der Waals surface area (Å²) >= 11 is 0. The van der Waals surface area contributed by atoms with E-state index >= 15 is 0 Å². The Morgan fingerprint density at radius 2 is 1.67 bits per heavy atom. The van der Waals surface area contributed by atoms with Crippen LogP contribution in [0.4, 0.5) is 0 Å². The quantitative estimate of drug-likeness (QED) is 0.399. The number of hydrogen-bond acceptors (Lipinski definition) is 8. The summed E-state index contributed by atoms with van der Waals surface area (Å²) in [5.74, 6) is -0.252. The second-order valence-corrected chi connectivity index (χ2v) is 8.35. The van der Waals surface area contributed by atoms with E-state index in [2.05, 4.69) is 5.32 Å². The zero-order valence-corrected chi connectivity index (χ0v) is 22.1. The van der Waals surface area contributed by atoms with Crippen molar-refractivity contribution >= 4 is 36.8 Å². The zero-order valence-electron chi connectivity index (χ0n) is 20.4. The normalized spacial score (nSPS) is 15.6. The van der Waals surface area contributed by atoms with Gasteiger partial charge in [0.25, 0.3) is 0 Å². The van der Waals surface area contributed by atoms with Crippen LogP contribution in [0.3, 0.4) is 0 Å². The van der Waals surface area contributed by atoms with E-state index in [1.165, 1.54) is 0 Å². The summed E-state index contributed by atoms with van der Waals surface area (Å²) in [6, 6.07) is 10.9. The van der Waals surface area contributed by atoms with Gasteiger partial charge in [0.1, 0.15) is 23.6 Å². The number of hydrogen-bond donors (Lipinski definition) is 4. The highest BCUT2D eigenvalue weighted by molar-refractivity contribution is 5.85. The lowest BCUT2D eigenvalue weighted by molar-refractivity contribution is -0.146. The molecule has 0 saturated heterocycles. The van der Waals surface area contributed by atoms with E-state index in [-0.39, 0.29) is 61.3 Å². The van der Waals surface area contributed by atoms with Gasteiger partial charge in [0.05, 0.1) is 13.2 Å². The van der Waals surface area contributed by atoms with Gasteiger partial charge in [-0.05, 0) is 81.5 Å². The molecule has 0 radical (unpaired) electrons. The Labute approximate surface area is 226 Å². The molecule has 1 heterocycles. The monoisotopic (exact) mass is 546 g/mol. The topological polar surface area (TPSA) is 131 Å². The van der Waals surface area contributed by atoms with Gasteiger partial charge in [0, 0.05) is 5.54 Å². The van der Waals surface area contributed by atoms with Crippen LogP contribution in [0, 0.1) is 0 Å². The van der Waals surface area contributed by atoms with Crippen molar-refractivity contribution in [3.05, 3.63) is 59.2 Å². The number of fused-ring (bicyclic) bond motifs is 1. The summed E-state index contributed by atoms with van der Waals surface area (Å²) < 4.78 is 9.84. The fourth-order valence-corrected chi connectivity index (χ4v) is 3.80.